The molecule has 0 saturated carbocycles. The quantitative estimate of drug-likeness (QED) is 0.732. The van der Waals surface area contributed by atoms with Gasteiger partial charge in [-0.05, 0) is 18.4 Å². The van der Waals surface area contributed by atoms with Crippen molar-refractivity contribution in [2.24, 2.45) is 16.9 Å². The zero-order valence-corrected chi connectivity index (χ0v) is 9.47. The maximum Gasteiger partial charge on any atom is 0.244 e. The van der Waals surface area contributed by atoms with Crippen LogP contribution in [-0.4, -0.2) is 11.6 Å². The maximum atomic E-state index is 11.8. The van der Waals surface area contributed by atoms with E-state index in [9.17, 15) is 4.79 Å². The minimum Gasteiger partial charge on any atom is -0.273 e. The fourth-order valence-corrected chi connectivity index (χ4v) is 2.57. The molecular weight excluding hydrogens is 212 g/mol. The van der Waals surface area contributed by atoms with Gasteiger partial charge in [-0.25, -0.2) is 5.43 Å². The van der Waals surface area contributed by atoms with Crippen molar-refractivity contribution in [3.05, 3.63) is 48.0 Å². The maximum absolute atomic E-state index is 11.8. The van der Waals surface area contributed by atoms with Gasteiger partial charge < -0.3 is 0 Å². The molecule has 0 radical (unpaired) electrons. The second-order valence-electron chi connectivity index (χ2n) is 4.49. The summed E-state index contributed by atoms with van der Waals surface area (Å²) < 4.78 is 0. The number of benzene rings is 1. The third kappa shape index (κ3) is 1.78. The molecule has 1 aliphatic heterocycles. The van der Waals surface area contributed by atoms with Crippen LogP contribution in [0.2, 0.25) is 0 Å². The third-order valence-electron chi connectivity index (χ3n) is 3.48. The van der Waals surface area contributed by atoms with E-state index in [0.717, 1.165) is 24.1 Å². The number of nitrogens with one attached hydrogen (secondary N) is 1. The van der Waals surface area contributed by atoms with Gasteiger partial charge in [-0.1, -0.05) is 42.5 Å². The van der Waals surface area contributed by atoms with Crippen LogP contribution in [0.5, 0.6) is 0 Å². The average Bonchev–Trinajstić information content (AvgIpc) is 2.41. The summed E-state index contributed by atoms with van der Waals surface area (Å²) in [5.74, 6) is 0.336. The molecule has 1 heterocycles. The number of fused-ring (bicyclic) bond motifs is 1. The molecular formula is C14H14N2O. The van der Waals surface area contributed by atoms with Gasteiger partial charge >= 0.3 is 0 Å². The molecule has 1 amide bonds. The van der Waals surface area contributed by atoms with Gasteiger partial charge in [0.15, 0.2) is 0 Å². The van der Waals surface area contributed by atoms with Gasteiger partial charge in [-0.15, -0.1) is 0 Å². The fourth-order valence-electron chi connectivity index (χ4n) is 2.57. The highest BCUT2D eigenvalue weighted by Crippen LogP contribution is 2.31. The number of allylic oxidation sites excluding steroid dienone is 2. The van der Waals surface area contributed by atoms with E-state index in [1.54, 1.807) is 0 Å². The summed E-state index contributed by atoms with van der Waals surface area (Å²) >= 11 is 0. The van der Waals surface area contributed by atoms with Gasteiger partial charge in [-0.3, -0.25) is 4.79 Å². The molecule has 2 atom stereocenters. The molecule has 1 N–H and O–H groups in total. The van der Waals surface area contributed by atoms with Crippen molar-refractivity contribution >= 4 is 11.6 Å². The Morgan fingerprint density at radius 2 is 1.76 bits per heavy atom. The molecule has 0 unspecified atom stereocenters. The van der Waals surface area contributed by atoms with Crippen molar-refractivity contribution in [2.75, 3.05) is 0 Å². The Morgan fingerprint density at radius 3 is 2.53 bits per heavy atom. The van der Waals surface area contributed by atoms with E-state index >= 15 is 0 Å². The van der Waals surface area contributed by atoms with Crippen LogP contribution < -0.4 is 5.43 Å². The number of hydrazone groups is 1. The molecule has 0 bridgehead atoms. The Balaban J connectivity index is 2.00. The van der Waals surface area contributed by atoms with Crippen molar-refractivity contribution in [2.45, 2.75) is 12.8 Å². The predicted octanol–water partition coefficient (Wildman–Crippen LogP) is 2.10. The molecule has 0 fully saturated rings. The lowest BCUT2D eigenvalue weighted by molar-refractivity contribution is -0.126. The molecule has 1 aromatic carbocycles. The largest absolute Gasteiger partial charge is 0.273 e. The Hall–Kier alpha value is -1.90. The van der Waals surface area contributed by atoms with Gasteiger partial charge in [0, 0.05) is 5.92 Å². The van der Waals surface area contributed by atoms with Crippen molar-refractivity contribution < 1.29 is 4.79 Å². The first-order valence-corrected chi connectivity index (χ1v) is 5.94. The summed E-state index contributed by atoms with van der Waals surface area (Å²) in [5, 5.41) is 4.25. The number of rotatable bonds is 1. The highest BCUT2D eigenvalue weighted by molar-refractivity contribution is 6.06. The van der Waals surface area contributed by atoms with Gasteiger partial charge in [-0.2, -0.15) is 5.10 Å². The summed E-state index contributed by atoms with van der Waals surface area (Å²) in [6.07, 6.45) is 5.97. The van der Waals surface area contributed by atoms with Crippen LogP contribution in [-0.2, 0) is 4.79 Å². The predicted molar refractivity (Wildman–Crippen MR) is 66.5 cm³/mol. The summed E-state index contributed by atoms with van der Waals surface area (Å²) in [4.78, 5) is 11.8. The molecule has 17 heavy (non-hydrogen) atoms. The first-order chi connectivity index (χ1) is 8.36. The Morgan fingerprint density at radius 1 is 1.06 bits per heavy atom. The summed E-state index contributed by atoms with van der Waals surface area (Å²) in [6.45, 7) is 0. The minimum absolute atomic E-state index is 0.0488. The van der Waals surface area contributed by atoms with E-state index in [0.29, 0.717) is 0 Å². The highest BCUT2D eigenvalue weighted by Gasteiger charge is 2.36. The Bertz CT molecular complexity index is 490. The molecule has 1 aliphatic carbocycles. The topological polar surface area (TPSA) is 41.5 Å². The monoisotopic (exact) mass is 226 g/mol. The zero-order valence-electron chi connectivity index (χ0n) is 9.47. The van der Waals surface area contributed by atoms with Gasteiger partial charge in [0.05, 0.1) is 11.6 Å². The van der Waals surface area contributed by atoms with Crippen LogP contribution in [0.25, 0.3) is 0 Å². The van der Waals surface area contributed by atoms with Crippen molar-refractivity contribution in [1.82, 2.24) is 5.43 Å². The molecule has 0 saturated heterocycles. The number of nitrogens with zero attached hydrogens (tertiary/aromatic N) is 1. The van der Waals surface area contributed by atoms with Gasteiger partial charge in [0.1, 0.15) is 0 Å². The van der Waals surface area contributed by atoms with E-state index < -0.39 is 0 Å². The summed E-state index contributed by atoms with van der Waals surface area (Å²) in [5.41, 5.74) is 4.77. The van der Waals surface area contributed by atoms with Crippen molar-refractivity contribution in [3.8, 4) is 0 Å². The highest BCUT2D eigenvalue weighted by atomic mass is 16.2. The average molecular weight is 226 g/mol. The molecule has 3 heteroatoms. The summed E-state index contributed by atoms with van der Waals surface area (Å²) in [7, 11) is 0. The third-order valence-corrected chi connectivity index (χ3v) is 3.48. The van der Waals surface area contributed by atoms with E-state index in [-0.39, 0.29) is 17.7 Å². The van der Waals surface area contributed by atoms with E-state index in [1.165, 1.54) is 0 Å². The van der Waals surface area contributed by atoms with Crippen molar-refractivity contribution in [1.29, 1.82) is 0 Å². The van der Waals surface area contributed by atoms with Gasteiger partial charge in [0.2, 0.25) is 5.91 Å². The summed E-state index contributed by atoms with van der Waals surface area (Å²) in [6, 6.07) is 10.1. The number of carbonyl (C=O) groups excluding carboxylic acids is 1. The van der Waals surface area contributed by atoms with Crippen LogP contribution in [0.1, 0.15) is 18.4 Å². The van der Waals surface area contributed by atoms with Crippen LogP contribution in [0.15, 0.2) is 47.6 Å². The van der Waals surface area contributed by atoms with Crippen LogP contribution >= 0.6 is 0 Å². The van der Waals surface area contributed by atoms with Crippen LogP contribution in [0.4, 0.5) is 0 Å². The minimum atomic E-state index is 0.0488. The lowest BCUT2D eigenvalue weighted by Crippen LogP contribution is -2.42. The second kappa shape index (κ2) is 4.17. The van der Waals surface area contributed by atoms with Crippen molar-refractivity contribution in [3.63, 3.8) is 0 Å². The molecule has 1 aromatic rings. The number of hydrogen-bond acceptors (Lipinski definition) is 2. The normalized spacial score (nSPS) is 27.1. The molecule has 0 spiro atoms. The first kappa shape index (κ1) is 10.3. The molecule has 0 aromatic heterocycles. The fraction of sp³-hybridized carbons (Fsp3) is 0.286. The lowest BCUT2D eigenvalue weighted by atomic mass is 9.77. The van der Waals surface area contributed by atoms with E-state index in [1.807, 2.05) is 30.3 Å². The zero-order chi connectivity index (χ0) is 11.7. The number of hydrogen-bond donors (Lipinski definition) is 1. The molecule has 3 nitrogen and oxygen atoms in total. The Kier molecular flexibility index (Phi) is 2.52. The van der Waals surface area contributed by atoms with E-state index in [4.69, 9.17) is 0 Å². The lowest BCUT2D eigenvalue weighted by Gasteiger charge is -2.31. The van der Waals surface area contributed by atoms with E-state index in [2.05, 4.69) is 22.7 Å². The van der Waals surface area contributed by atoms with Gasteiger partial charge in [0.25, 0.3) is 0 Å². The molecule has 3 rings (SSSR count). The SMILES string of the molecule is O=C1NN=C(c2ccccc2)[C@@H]2CC=CC[C@H]12. The molecule has 86 valence electrons. The standard InChI is InChI=1S/C14H14N2O/c17-14-12-9-5-4-8-11(12)13(15-16-14)10-6-2-1-3-7-10/h1-7,11-12H,8-9H2,(H,16,17)/t11-,12+/m1/s1. The van der Waals surface area contributed by atoms with Crippen LogP contribution in [0, 0.1) is 11.8 Å². The second-order valence-corrected chi connectivity index (χ2v) is 4.49. The molecule has 2 aliphatic rings. The Labute approximate surface area is 100 Å². The number of carbonyl (C=O) groups is 1. The first-order valence-electron chi connectivity index (χ1n) is 5.94. The number of amides is 1. The smallest absolute Gasteiger partial charge is 0.244 e. The van der Waals surface area contributed by atoms with Crippen LogP contribution in [0.3, 0.4) is 0 Å².